The van der Waals surface area contributed by atoms with Crippen molar-refractivity contribution in [2.45, 2.75) is 13.8 Å². The van der Waals surface area contributed by atoms with Crippen LogP contribution in [0, 0.1) is 11.3 Å². The summed E-state index contributed by atoms with van der Waals surface area (Å²) in [5.41, 5.74) is 6.08. The Labute approximate surface area is 65.8 Å². The van der Waals surface area contributed by atoms with Crippen molar-refractivity contribution in [3.05, 3.63) is 23.4 Å². The van der Waals surface area contributed by atoms with E-state index in [9.17, 15) is 4.79 Å². The van der Waals surface area contributed by atoms with Gasteiger partial charge in [0.2, 0.25) is 0 Å². The summed E-state index contributed by atoms with van der Waals surface area (Å²) in [6.45, 7) is 3.03. The average Bonchev–Trinajstić information content (AvgIpc) is 1.87. The topological polar surface area (TPSA) is 66.9 Å². The van der Waals surface area contributed by atoms with Gasteiger partial charge < -0.3 is 5.73 Å². The summed E-state index contributed by atoms with van der Waals surface area (Å²) < 4.78 is 0. The van der Waals surface area contributed by atoms with E-state index in [0.29, 0.717) is 11.3 Å². The predicted octanol–water partition coefficient (Wildman–Crippen LogP) is 0.888. The molecule has 0 aliphatic rings. The van der Waals surface area contributed by atoms with Gasteiger partial charge in [-0.25, -0.2) is 0 Å². The maximum absolute atomic E-state index is 10.4. The fourth-order valence-electron chi connectivity index (χ4n) is 0.458. The molecule has 0 atom stereocenters. The number of rotatable bonds is 2. The quantitative estimate of drug-likeness (QED) is 0.361. The van der Waals surface area contributed by atoms with E-state index in [4.69, 9.17) is 11.0 Å². The Balaban J connectivity index is 4.50. The second kappa shape index (κ2) is 4.29. The van der Waals surface area contributed by atoms with Crippen LogP contribution in [0.15, 0.2) is 23.4 Å². The van der Waals surface area contributed by atoms with Gasteiger partial charge in [-0.3, -0.25) is 4.79 Å². The van der Waals surface area contributed by atoms with Crippen LogP contribution in [0.3, 0.4) is 0 Å². The molecule has 0 fully saturated rings. The van der Waals surface area contributed by atoms with E-state index in [1.54, 1.807) is 6.92 Å². The van der Waals surface area contributed by atoms with Crippen molar-refractivity contribution in [2.24, 2.45) is 5.73 Å². The van der Waals surface area contributed by atoms with Crippen LogP contribution in [0.5, 0.6) is 0 Å². The molecule has 0 heterocycles. The number of nitrogens with zero attached hydrogens (tertiary/aromatic N) is 1. The first-order chi connectivity index (χ1) is 5.07. The van der Waals surface area contributed by atoms with Gasteiger partial charge in [0.1, 0.15) is 6.07 Å². The molecule has 2 N–H and O–H groups in total. The van der Waals surface area contributed by atoms with Gasteiger partial charge in [-0.1, -0.05) is 0 Å². The molecule has 0 rings (SSSR count). The molecule has 0 aliphatic carbocycles. The second-order valence-corrected chi connectivity index (χ2v) is 2.15. The molecule has 0 aromatic rings. The molecule has 0 bridgehead atoms. The summed E-state index contributed by atoms with van der Waals surface area (Å²) in [4.78, 5) is 10.4. The molecule has 0 spiro atoms. The number of carbonyl (C=O) groups is 1. The molecular weight excluding hydrogens is 140 g/mol. The summed E-state index contributed by atoms with van der Waals surface area (Å²) in [5, 5.41) is 8.46. The van der Waals surface area contributed by atoms with Gasteiger partial charge in [0, 0.05) is 5.70 Å². The van der Waals surface area contributed by atoms with Crippen LogP contribution < -0.4 is 5.73 Å². The van der Waals surface area contributed by atoms with Gasteiger partial charge in [-0.15, -0.1) is 0 Å². The maximum atomic E-state index is 10.4. The highest BCUT2D eigenvalue weighted by atomic mass is 16.1. The van der Waals surface area contributed by atoms with Crippen LogP contribution in [0.25, 0.3) is 0 Å². The molecule has 3 heteroatoms. The second-order valence-electron chi connectivity index (χ2n) is 2.15. The first-order valence-electron chi connectivity index (χ1n) is 3.13. The normalized spacial score (nSPS) is 12.5. The SMILES string of the molecule is CC(=O)/C=C/C(C#N)=C(/C)N. The summed E-state index contributed by atoms with van der Waals surface area (Å²) in [6, 6.07) is 1.87. The Bertz CT molecular complexity index is 252. The monoisotopic (exact) mass is 150 g/mol. The van der Waals surface area contributed by atoms with Crippen molar-refractivity contribution in [3.8, 4) is 6.07 Å². The molecule has 0 aromatic heterocycles. The van der Waals surface area contributed by atoms with Crippen LogP contribution >= 0.6 is 0 Å². The lowest BCUT2D eigenvalue weighted by Gasteiger charge is -1.90. The maximum Gasteiger partial charge on any atom is 0.152 e. The van der Waals surface area contributed by atoms with Gasteiger partial charge in [-0.05, 0) is 26.0 Å². The third kappa shape index (κ3) is 3.93. The third-order valence-corrected chi connectivity index (χ3v) is 1.03. The van der Waals surface area contributed by atoms with Crippen molar-refractivity contribution in [1.82, 2.24) is 0 Å². The molecule has 0 amide bonds. The van der Waals surface area contributed by atoms with Crippen LogP contribution in [-0.2, 0) is 4.79 Å². The van der Waals surface area contributed by atoms with Crippen molar-refractivity contribution < 1.29 is 4.79 Å². The Morgan fingerprint density at radius 2 is 2.00 bits per heavy atom. The summed E-state index contributed by atoms with van der Waals surface area (Å²) >= 11 is 0. The largest absolute Gasteiger partial charge is 0.401 e. The molecule has 3 nitrogen and oxygen atoms in total. The van der Waals surface area contributed by atoms with Crippen molar-refractivity contribution in [3.63, 3.8) is 0 Å². The van der Waals surface area contributed by atoms with E-state index in [2.05, 4.69) is 0 Å². The van der Waals surface area contributed by atoms with Crippen LogP contribution in [0.2, 0.25) is 0 Å². The molecular formula is C8H10N2O. The van der Waals surface area contributed by atoms with Crippen LogP contribution in [0.1, 0.15) is 13.8 Å². The van der Waals surface area contributed by atoms with Crippen LogP contribution in [0.4, 0.5) is 0 Å². The van der Waals surface area contributed by atoms with Gasteiger partial charge in [0.25, 0.3) is 0 Å². The fraction of sp³-hybridized carbons (Fsp3) is 0.250. The highest BCUT2D eigenvalue weighted by molar-refractivity contribution is 5.87. The summed E-state index contributed by atoms with van der Waals surface area (Å²) in [6.07, 6.45) is 2.73. The molecule has 0 radical (unpaired) electrons. The number of hydrogen-bond acceptors (Lipinski definition) is 3. The number of carbonyl (C=O) groups excluding carboxylic acids is 1. The number of nitriles is 1. The molecule has 0 saturated carbocycles. The minimum atomic E-state index is -0.0981. The third-order valence-electron chi connectivity index (χ3n) is 1.03. The standard InChI is InChI=1S/C8H10N2O/c1-6(11)3-4-8(5-9)7(2)10/h3-4H,10H2,1-2H3/b4-3+,8-7+. The molecule has 0 saturated heterocycles. The number of ketones is 1. The van der Waals surface area contributed by atoms with Crippen LogP contribution in [-0.4, -0.2) is 5.78 Å². The lowest BCUT2D eigenvalue weighted by Crippen LogP contribution is -1.95. The first-order valence-corrected chi connectivity index (χ1v) is 3.13. The van der Waals surface area contributed by atoms with E-state index >= 15 is 0 Å². The highest BCUT2D eigenvalue weighted by Crippen LogP contribution is 1.98. The van der Waals surface area contributed by atoms with Gasteiger partial charge >= 0.3 is 0 Å². The number of hydrogen-bond donors (Lipinski definition) is 1. The Morgan fingerprint density at radius 3 is 2.27 bits per heavy atom. The average molecular weight is 150 g/mol. The van der Waals surface area contributed by atoms with E-state index in [1.165, 1.54) is 19.1 Å². The van der Waals surface area contributed by atoms with E-state index in [-0.39, 0.29) is 5.78 Å². The minimum Gasteiger partial charge on any atom is -0.401 e. The van der Waals surface area contributed by atoms with E-state index in [0.717, 1.165) is 0 Å². The summed E-state index contributed by atoms with van der Waals surface area (Å²) in [7, 11) is 0. The smallest absolute Gasteiger partial charge is 0.152 e. The molecule has 11 heavy (non-hydrogen) atoms. The predicted molar refractivity (Wildman–Crippen MR) is 42.3 cm³/mol. The number of nitrogens with two attached hydrogens (primary N) is 1. The lowest BCUT2D eigenvalue weighted by atomic mass is 10.2. The first kappa shape index (κ1) is 9.44. The van der Waals surface area contributed by atoms with E-state index in [1.807, 2.05) is 6.07 Å². The molecule has 0 aromatic carbocycles. The molecule has 0 unspecified atom stereocenters. The van der Waals surface area contributed by atoms with Crippen molar-refractivity contribution >= 4 is 5.78 Å². The molecule has 58 valence electrons. The Kier molecular flexibility index (Phi) is 3.68. The zero-order valence-electron chi connectivity index (χ0n) is 6.59. The fourth-order valence-corrected chi connectivity index (χ4v) is 0.458. The van der Waals surface area contributed by atoms with Crippen molar-refractivity contribution in [1.29, 1.82) is 5.26 Å². The lowest BCUT2D eigenvalue weighted by molar-refractivity contribution is -0.112. The zero-order valence-corrected chi connectivity index (χ0v) is 6.59. The van der Waals surface area contributed by atoms with Gasteiger partial charge in [0.05, 0.1) is 5.57 Å². The van der Waals surface area contributed by atoms with Gasteiger partial charge in [-0.2, -0.15) is 5.26 Å². The highest BCUT2D eigenvalue weighted by Gasteiger charge is 1.92. The van der Waals surface area contributed by atoms with Gasteiger partial charge in [0.15, 0.2) is 5.78 Å². The zero-order chi connectivity index (χ0) is 8.85. The summed E-state index contributed by atoms with van der Waals surface area (Å²) in [5.74, 6) is -0.0981. The number of allylic oxidation sites excluding steroid dienone is 4. The molecule has 0 aliphatic heterocycles. The van der Waals surface area contributed by atoms with E-state index < -0.39 is 0 Å². The Morgan fingerprint density at radius 1 is 1.45 bits per heavy atom. The Hall–Kier alpha value is -1.56. The minimum absolute atomic E-state index is 0.0981. The van der Waals surface area contributed by atoms with Crippen molar-refractivity contribution in [2.75, 3.05) is 0 Å².